The minimum Gasteiger partial charge on any atom is -0.390 e. The highest BCUT2D eigenvalue weighted by atomic mass is 15.1. The first kappa shape index (κ1) is 22.4. The average molecular weight is 422 g/mol. The zero-order valence-corrected chi connectivity index (χ0v) is 17.9. The van der Waals surface area contributed by atoms with Crippen LogP contribution in [-0.2, 0) is 6.54 Å². The number of amidine groups is 3. The molecule has 0 unspecified atom stereocenters. The summed E-state index contributed by atoms with van der Waals surface area (Å²) >= 11 is 0. The van der Waals surface area contributed by atoms with Gasteiger partial charge >= 0.3 is 0 Å². The number of nitrogens with two attached hydrogens (primary N) is 3. The lowest BCUT2D eigenvalue weighted by Gasteiger charge is -2.30. The maximum atomic E-state index is 8.17. The summed E-state index contributed by atoms with van der Waals surface area (Å²) in [6.07, 6.45) is 5.72. The van der Waals surface area contributed by atoms with Gasteiger partial charge in [0, 0.05) is 30.8 Å². The number of rotatable bonds is 6. The number of piperidine rings is 1. The number of aromatic amines is 1. The molecule has 1 saturated heterocycles. The molecule has 0 atom stereocenters. The molecule has 0 saturated carbocycles. The van der Waals surface area contributed by atoms with Crippen LogP contribution in [0.15, 0.2) is 51.5 Å². The minimum absolute atomic E-state index is 0.101. The highest BCUT2D eigenvalue weighted by Crippen LogP contribution is 2.20. The van der Waals surface area contributed by atoms with E-state index in [1.165, 1.54) is 6.34 Å². The van der Waals surface area contributed by atoms with Gasteiger partial charge in [0.05, 0.1) is 17.7 Å². The van der Waals surface area contributed by atoms with Crippen LogP contribution >= 0.6 is 0 Å². The summed E-state index contributed by atoms with van der Waals surface area (Å²) in [7, 11) is 0. The smallest absolute Gasteiger partial charge is 0.178 e. The van der Waals surface area contributed by atoms with E-state index in [-0.39, 0.29) is 5.84 Å². The zero-order valence-electron chi connectivity index (χ0n) is 17.9. The van der Waals surface area contributed by atoms with E-state index in [4.69, 9.17) is 27.6 Å². The van der Waals surface area contributed by atoms with Crippen molar-refractivity contribution in [2.24, 2.45) is 32.2 Å². The summed E-state index contributed by atoms with van der Waals surface area (Å²) in [5.74, 6) is 1.00. The van der Waals surface area contributed by atoms with Crippen molar-refractivity contribution in [3.63, 3.8) is 0 Å². The van der Waals surface area contributed by atoms with Crippen LogP contribution in [0, 0.1) is 5.41 Å². The Morgan fingerprint density at radius 1 is 1.29 bits per heavy atom. The van der Waals surface area contributed by atoms with Gasteiger partial charge in [0.25, 0.3) is 0 Å². The van der Waals surface area contributed by atoms with Crippen LogP contribution in [0.1, 0.15) is 43.0 Å². The molecule has 1 aromatic heterocycles. The second-order valence-corrected chi connectivity index (χ2v) is 7.56. The normalized spacial score (nSPS) is 16.8. The summed E-state index contributed by atoms with van der Waals surface area (Å²) < 4.78 is 0. The van der Waals surface area contributed by atoms with Gasteiger partial charge in [-0.25, -0.2) is 15.0 Å². The lowest BCUT2D eigenvalue weighted by Crippen LogP contribution is -2.39. The highest BCUT2D eigenvalue weighted by Gasteiger charge is 2.19. The molecule has 0 aliphatic carbocycles. The summed E-state index contributed by atoms with van der Waals surface area (Å²) in [6, 6.07) is 9.61. The van der Waals surface area contributed by atoms with Gasteiger partial charge in [-0.15, -0.1) is 0 Å². The molecule has 164 valence electrons. The van der Waals surface area contributed by atoms with Crippen molar-refractivity contribution in [1.29, 1.82) is 5.41 Å². The first-order valence-electron chi connectivity index (χ1n) is 10.5. The fourth-order valence-corrected chi connectivity index (χ4v) is 3.45. The molecule has 9 heteroatoms. The predicted octanol–water partition coefficient (Wildman–Crippen LogP) is 2.10. The third kappa shape index (κ3) is 6.09. The van der Waals surface area contributed by atoms with Gasteiger partial charge in [-0.3, -0.25) is 10.3 Å². The van der Waals surface area contributed by atoms with Gasteiger partial charge in [-0.05, 0) is 49.7 Å². The molecule has 0 spiro atoms. The second kappa shape index (κ2) is 10.6. The highest BCUT2D eigenvalue weighted by molar-refractivity contribution is 6.06. The predicted molar refractivity (Wildman–Crippen MR) is 127 cm³/mol. The number of hydrogen-bond acceptors (Lipinski definition) is 4. The number of aliphatic imine (C=N–C) groups is 3. The van der Waals surface area contributed by atoms with E-state index in [1.54, 1.807) is 12.1 Å². The lowest BCUT2D eigenvalue weighted by molar-refractivity contribution is 0.205. The van der Waals surface area contributed by atoms with Crippen LogP contribution in [0.25, 0.3) is 0 Å². The molecule has 1 fully saturated rings. The van der Waals surface area contributed by atoms with Crippen molar-refractivity contribution in [2.45, 2.75) is 38.8 Å². The Labute approximate surface area is 182 Å². The van der Waals surface area contributed by atoms with Crippen molar-refractivity contribution in [3.8, 4) is 0 Å². The molecular weight excluding hydrogens is 390 g/mol. The molecule has 0 radical (unpaired) electrons. The largest absolute Gasteiger partial charge is 0.390 e. The number of H-pyrrole nitrogens is 1. The van der Waals surface area contributed by atoms with Crippen molar-refractivity contribution in [1.82, 2.24) is 9.88 Å². The quantitative estimate of drug-likeness (QED) is 0.357. The van der Waals surface area contributed by atoms with E-state index >= 15 is 0 Å². The third-order valence-corrected chi connectivity index (χ3v) is 5.25. The standard InChI is InChI=1S/C22H31N9/c1-2-19(25)30-21(26)15-4-3-5-18(12-15)29-22(28-14-23)20-16(6-9-27-20)13-31-10-7-17(24)8-11-31/h3-6,9,12,14,17,27H,2,7-8,10-11,13,24H2,1H3,(H2,23,28,29)(H3,25,26,30). The molecule has 0 bridgehead atoms. The average Bonchev–Trinajstić information content (AvgIpc) is 3.23. The Morgan fingerprint density at radius 2 is 2.06 bits per heavy atom. The molecule has 0 amide bonds. The van der Waals surface area contributed by atoms with Crippen molar-refractivity contribution in [3.05, 3.63) is 53.3 Å². The zero-order chi connectivity index (χ0) is 22.2. The Morgan fingerprint density at radius 3 is 2.77 bits per heavy atom. The van der Waals surface area contributed by atoms with E-state index in [0.29, 0.717) is 35.4 Å². The monoisotopic (exact) mass is 421 g/mol. The van der Waals surface area contributed by atoms with Crippen molar-refractivity contribution in [2.75, 3.05) is 13.1 Å². The minimum atomic E-state index is 0.101. The lowest BCUT2D eigenvalue weighted by atomic mass is 10.1. The van der Waals surface area contributed by atoms with Crippen LogP contribution in [0.5, 0.6) is 0 Å². The van der Waals surface area contributed by atoms with E-state index in [1.807, 2.05) is 31.3 Å². The topological polar surface area (TPSA) is 158 Å². The van der Waals surface area contributed by atoms with Crippen LogP contribution < -0.4 is 17.2 Å². The van der Waals surface area contributed by atoms with Crippen LogP contribution in [0.3, 0.4) is 0 Å². The van der Waals surface area contributed by atoms with Crippen LogP contribution in [0.4, 0.5) is 5.69 Å². The van der Waals surface area contributed by atoms with Gasteiger partial charge in [0.2, 0.25) is 0 Å². The first-order valence-corrected chi connectivity index (χ1v) is 10.5. The van der Waals surface area contributed by atoms with E-state index in [9.17, 15) is 0 Å². The van der Waals surface area contributed by atoms with E-state index in [0.717, 1.165) is 43.7 Å². The SMILES string of the molecule is CCC(N)=NC(=N)c1cccc(N=C(N=CN)c2[nH]ccc2CN2CCC(N)CC2)c1. The number of benzene rings is 1. The van der Waals surface area contributed by atoms with Crippen molar-refractivity contribution < 1.29 is 0 Å². The third-order valence-electron chi connectivity index (χ3n) is 5.25. The van der Waals surface area contributed by atoms with Gasteiger partial charge in [0.15, 0.2) is 11.7 Å². The van der Waals surface area contributed by atoms with E-state index < -0.39 is 0 Å². The molecule has 1 aliphatic heterocycles. The Balaban J connectivity index is 1.86. The summed E-state index contributed by atoms with van der Waals surface area (Å²) in [5.41, 5.74) is 20.6. The number of aromatic nitrogens is 1. The molecule has 1 aromatic carbocycles. The number of likely N-dealkylation sites (tertiary alicyclic amines) is 1. The van der Waals surface area contributed by atoms with Gasteiger partial charge < -0.3 is 22.2 Å². The number of nitrogens with zero attached hydrogens (tertiary/aromatic N) is 4. The maximum absolute atomic E-state index is 8.17. The second-order valence-electron chi connectivity index (χ2n) is 7.56. The van der Waals surface area contributed by atoms with Gasteiger partial charge in [0.1, 0.15) is 5.84 Å². The number of nitrogens with one attached hydrogen (secondary N) is 2. The van der Waals surface area contributed by atoms with Gasteiger partial charge in [-0.2, -0.15) is 0 Å². The van der Waals surface area contributed by atoms with E-state index in [2.05, 4.69) is 19.9 Å². The van der Waals surface area contributed by atoms with Gasteiger partial charge in [-0.1, -0.05) is 19.1 Å². The fraction of sp³-hybridized carbons (Fsp3) is 0.364. The molecular formula is C22H31N9. The van der Waals surface area contributed by atoms with Crippen LogP contribution in [0.2, 0.25) is 0 Å². The summed E-state index contributed by atoms with van der Waals surface area (Å²) in [4.78, 5) is 18.7. The molecule has 8 N–H and O–H groups in total. The van der Waals surface area contributed by atoms with Crippen molar-refractivity contribution >= 4 is 29.5 Å². The molecule has 1 aliphatic rings. The summed E-state index contributed by atoms with van der Waals surface area (Å²) in [5, 5.41) is 8.17. The molecule has 31 heavy (non-hydrogen) atoms. The molecule has 2 heterocycles. The fourth-order valence-electron chi connectivity index (χ4n) is 3.45. The first-order chi connectivity index (χ1) is 15.0. The molecule has 9 nitrogen and oxygen atoms in total. The van der Waals surface area contributed by atoms with Crippen LogP contribution in [-0.4, -0.2) is 52.9 Å². The Bertz CT molecular complexity index is 978. The molecule has 3 rings (SSSR count). The summed E-state index contributed by atoms with van der Waals surface area (Å²) in [6.45, 7) is 4.64. The maximum Gasteiger partial charge on any atom is 0.178 e. The Hall–Kier alpha value is -3.30. The number of hydrogen-bond donors (Lipinski definition) is 5. The molecule has 2 aromatic rings. The Kier molecular flexibility index (Phi) is 7.69.